The minimum Gasteiger partial charge on any atom is -0.756 e. The first-order valence-electron chi connectivity index (χ1n) is 19.7. The lowest BCUT2D eigenvalue weighted by Gasteiger charge is -2.28. The SMILES string of the molecule is CC/C=C\C/C=C\C/C=C\CCCCCCOCC(COP(=O)([O-])OCC[N+](C)(C)C)OC(=O)CCCCCCCCCCCCCCC. The number of esters is 1. The largest absolute Gasteiger partial charge is 0.756 e. The number of hydrogen-bond acceptors (Lipinski definition) is 7. The smallest absolute Gasteiger partial charge is 0.306 e. The van der Waals surface area contributed by atoms with Crippen LogP contribution in [0, 0.1) is 0 Å². The lowest BCUT2D eigenvalue weighted by atomic mass is 10.0. The van der Waals surface area contributed by atoms with Crippen molar-refractivity contribution in [1.82, 2.24) is 0 Å². The van der Waals surface area contributed by atoms with Crippen molar-refractivity contribution in [2.24, 2.45) is 0 Å². The lowest BCUT2D eigenvalue weighted by molar-refractivity contribution is -0.870. The highest BCUT2D eigenvalue weighted by Gasteiger charge is 2.20. The summed E-state index contributed by atoms with van der Waals surface area (Å²) in [4.78, 5) is 24.9. The Kier molecular flexibility index (Phi) is 33.0. The molecule has 0 amide bonds. The van der Waals surface area contributed by atoms with E-state index >= 15 is 0 Å². The van der Waals surface area contributed by atoms with Gasteiger partial charge in [0.15, 0.2) is 0 Å². The summed E-state index contributed by atoms with van der Waals surface area (Å²) < 4.78 is 34.4. The van der Waals surface area contributed by atoms with Gasteiger partial charge in [0.1, 0.15) is 19.3 Å². The molecule has 2 atom stereocenters. The molecule has 0 saturated heterocycles. The van der Waals surface area contributed by atoms with E-state index in [1.165, 1.54) is 64.2 Å². The molecule has 0 aliphatic carbocycles. The van der Waals surface area contributed by atoms with E-state index in [1.807, 2.05) is 21.1 Å². The van der Waals surface area contributed by atoms with E-state index in [0.717, 1.165) is 70.6 Å². The van der Waals surface area contributed by atoms with Crippen LogP contribution in [0.15, 0.2) is 36.5 Å². The van der Waals surface area contributed by atoms with Crippen molar-refractivity contribution in [3.63, 3.8) is 0 Å². The Labute approximate surface area is 302 Å². The summed E-state index contributed by atoms with van der Waals surface area (Å²) in [5, 5.41) is 0. The van der Waals surface area contributed by atoms with Gasteiger partial charge in [-0.15, -0.1) is 0 Å². The molecule has 0 spiro atoms. The average Bonchev–Trinajstić information content (AvgIpc) is 3.04. The molecule has 0 aliphatic rings. The van der Waals surface area contributed by atoms with Crippen LogP contribution in [0.5, 0.6) is 0 Å². The number of carbonyl (C=O) groups is 1. The van der Waals surface area contributed by atoms with Gasteiger partial charge in [0.25, 0.3) is 7.82 Å². The second-order valence-electron chi connectivity index (χ2n) is 14.3. The normalized spacial score (nSPS) is 14.3. The highest BCUT2D eigenvalue weighted by atomic mass is 31.2. The van der Waals surface area contributed by atoms with Gasteiger partial charge in [0, 0.05) is 13.0 Å². The van der Waals surface area contributed by atoms with Crippen LogP contribution >= 0.6 is 7.82 Å². The van der Waals surface area contributed by atoms with Crippen molar-refractivity contribution < 1.29 is 37.3 Å². The Balaban J connectivity index is 4.32. The predicted octanol–water partition coefficient (Wildman–Crippen LogP) is 10.4. The Bertz CT molecular complexity index is 884. The Hall–Kier alpha value is -1.28. The van der Waals surface area contributed by atoms with Crippen LogP contribution in [0.1, 0.15) is 155 Å². The van der Waals surface area contributed by atoms with E-state index in [2.05, 4.69) is 50.3 Å². The fourth-order valence-corrected chi connectivity index (χ4v) is 5.88. The molecule has 0 radical (unpaired) electrons. The van der Waals surface area contributed by atoms with Gasteiger partial charge in [-0.2, -0.15) is 0 Å². The monoisotopic (exact) mass is 714 g/mol. The Morgan fingerprint density at radius 2 is 1.18 bits per heavy atom. The van der Waals surface area contributed by atoms with Crippen molar-refractivity contribution in [3.05, 3.63) is 36.5 Å². The van der Waals surface area contributed by atoms with Crippen LogP contribution in [0.4, 0.5) is 0 Å². The topological polar surface area (TPSA) is 94.1 Å². The van der Waals surface area contributed by atoms with E-state index in [4.69, 9.17) is 18.5 Å². The number of phosphoric acid groups is 1. The van der Waals surface area contributed by atoms with Gasteiger partial charge in [-0.3, -0.25) is 9.36 Å². The van der Waals surface area contributed by atoms with Crippen molar-refractivity contribution in [2.75, 3.05) is 54.1 Å². The van der Waals surface area contributed by atoms with Gasteiger partial charge in [-0.05, 0) is 44.9 Å². The summed E-state index contributed by atoms with van der Waals surface area (Å²) >= 11 is 0. The van der Waals surface area contributed by atoms with Crippen molar-refractivity contribution in [1.29, 1.82) is 0 Å². The van der Waals surface area contributed by atoms with Gasteiger partial charge < -0.3 is 27.9 Å². The summed E-state index contributed by atoms with van der Waals surface area (Å²) in [7, 11) is 1.34. The van der Waals surface area contributed by atoms with Crippen molar-refractivity contribution in [3.8, 4) is 0 Å². The molecule has 0 bridgehead atoms. The summed E-state index contributed by atoms with van der Waals surface area (Å²) in [5.74, 6) is -0.344. The van der Waals surface area contributed by atoms with Crippen molar-refractivity contribution >= 4 is 13.8 Å². The summed E-state index contributed by atoms with van der Waals surface area (Å²) in [6.07, 6.45) is 37.2. The first-order chi connectivity index (χ1) is 23.6. The minimum atomic E-state index is -4.52. The number of ether oxygens (including phenoxy) is 2. The van der Waals surface area contributed by atoms with Crippen LogP contribution in [0.2, 0.25) is 0 Å². The van der Waals surface area contributed by atoms with E-state index < -0.39 is 13.9 Å². The number of phosphoric ester groups is 1. The molecule has 288 valence electrons. The third-order valence-corrected chi connectivity index (χ3v) is 9.17. The highest BCUT2D eigenvalue weighted by molar-refractivity contribution is 7.45. The number of likely N-dealkylation sites (N-methyl/N-ethyl adjacent to an activating group) is 1. The van der Waals surface area contributed by atoms with Gasteiger partial charge in [0.2, 0.25) is 0 Å². The molecule has 0 N–H and O–H groups in total. The van der Waals surface area contributed by atoms with Crippen LogP contribution in [0.25, 0.3) is 0 Å². The zero-order valence-corrected chi connectivity index (χ0v) is 33.3. The maximum Gasteiger partial charge on any atom is 0.306 e. The molecule has 9 heteroatoms. The molecule has 0 saturated carbocycles. The second-order valence-corrected chi connectivity index (χ2v) is 15.7. The molecule has 0 aromatic rings. The average molecular weight is 714 g/mol. The number of quaternary nitrogens is 1. The van der Waals surface area contributed by atoms with Gasteiger partial charge >= 0.3 is 5.97 Å². The first-order valence-corrected chi connectivity index (χ1v) is 21.2. The molecule has 0 aromatic carbocycles. The quantitative estimate of drug-likeness (QED) is 0.0210. The molecule has 49 heavy (non-hydrogen) atoms. The second kappa shape index (κ2) is 33.8. The number of nitrogens with zero attached hydrogens (tertiary/aromatic N) is 1. The van der Waals surface area contributed by atoms with Crippen LogP contribution in [0.3, 0.4) is 0 Å². The minimum absolute atomic E-state index is 0.0219. The Morgan fingerprint density at radius 1 is 0.653 bits per heavy atom. The third kappa shape index (κ3) is 37.8. The molecule has 0 aliphatic heterocycles. The number of rotatable bonds is 36. The van der Waals surface area contributed by atoms with Crippen LogP contribution < -0.4 is 4.89 Å². The zero-order chi connectivity index (χ0) is 36.3. The van der Waals surface area contributed by atoms with E-state index in [1.54, 1.807) is 0 Å². The molecule has 0 aromatic heterocycles. The van der Waals surface area contributed by atoms with Gasteiger partial charge in [0.05, 0.1) is 34.4 Å². The molecule has 8 nitrogen and oxygen atoms in total. The molecule has 0 fully saturated rings. The summed E-state index contributed by atoms with van der Waals surface area (Å²) in [5.41, 5.74) is 0. The highest BCUT2D eigenvalue weighted by Crippen LogP contribution is 2.38. The van der Waals surface area contributed by atoms with Gasteiger partial charge in [-0.25, -0.2) is 0 Å². The first kappa shape index (κ1) is 47.7. The maximum absolute atomic E-state index is 12.6. The number of hydrogen-bond donors (Lipinski definition) is 0. The van der Waals surface area contributed by atoms with E-state index in [9.17, 15) is 14.3 Å². The van der Waals surface area contributed by atoms with E-state index in [0.29, 0.717) is 24.1 Å². The predicted molar refractivity (Wildman–Crippen MR) is 203 cm³/mol. The summed E-state index contributed by atoms with van der Waals surface area (Å²) in [6, 6.07) is 0. The zero-order valence-electron chi connectivity index (χ0n) is 32.4. The molecule has 2 unspecified atom stereocenters. The number of carbonyl (C=O) groups excluding carboxylic acids is 1. The van der Waals surface area contributed by atoms with Crippen LogP contribution in [-0.2, 0) is 27.9 Å². The molecular formula is C40H76NO7P. The third-order valence-electron chi connectivity index (χ3n) is 8.21. The fourth-order valence-electron chi connectivity index (χ4n) is 5.15. The number of unbranched alkanes of at least 4 members (excludes halogenated alkanes) is 16. The molecular weight excluding hydrogens is 637 g/mol. The van der Waals surface area contributed by atoms with Gasteiger partial charge in [-0.1, -0.05) is 140 Å². The summed E-state index contributed by atoms with van der Waals surface area (Å²) in [6.45, 7) is 5.24. The molecule has 0 heterocycles. The maximum atomic E-state index is 12.6. The molecule has 0 rings (SSSR count). The van der Waals surface area contributed by atoms with Crippen LogP contribution in [-0.4, -0.2) is 70.7 Å². The lowest BCUT2D eigenvalue weighted by Crippen LogP contribution is -2.37. The fraction of sp³-hybridized carbons (Fsp3) is 0.825. The van der Waals surface area contributed by atoms with Crippen molar-refractivity contribution in [2.45, 2.75) is 161 Å². The van der Waals surface area contributed by atoms with E-state index in [-0.39, 0.29) is 25.8 Å². The standard InChI is InChI=1S/C40H76NO7P/c1-6-8-10-12-14-16-18-20-22-24-26-28-30-32-35-45-37-39(38-47-49(43,44)46-36-34-41(3,4)5)48-40(42)33-31-29-27-25-23-21-19-17-15-13-11-9-7-2/h8,10,14,16,20,22,39H,6-7,9,11-13,15,17-19,21,23-38H2,1-5H3/b10-8-,16-14-,22-20-. The Morgan fingerprint density at radius 3 is 1.78 bits per heavy atom. The number of allylic oxidation sites excluding steroid dienone is 6.